The number of hydrogen-bond acceptors (Lipinski definition) is 7. The standard InChI is InChI=1S/C27H18N6O4/c34-25-16-19(17-8-3-1-4-9-17)28-27(30-25)33-24(15-20(31-33)22-12-7-13-36-22)29-26(35)21-14-23(37-32-21)18-10-5-2-6-11-18/h1-16H,(H,29,35)(H,28,30,34). The maximum absolute atomic E-state index is 13.1. The van der Waals surface area contributed by atoms with Crippen LogP contribution in [0.25, 0.3) is 40.0 Å². The molecule has 0 fully saturated rings. The van der Waals surface area contributed by atoms with Gasteiger partial charge in [0, 0.05) is 29.3 Å². The second-order valence-electron chi connectivity index (χ2n) is 8.02. The molecule has 180 valence electrons. The molecular weight excluding hydrogens is 472 g/mol. The van der Waals surface area contributed by atoms with Crippen LogP contribution in [0.3, 0.4) is 0 Å². The van der Waals surface area contributed by atoms with Crippen molar-refractivity contribution in [1.29, 1.82) is 0 Å². The molecule has 0 saturated heterocycles. The number of rotatable bonds is 6. The quantitative estimate of drug-likeness (QED) is 0.343. The number of nitrogens with zero attached hydrogens (tertiary/aromatic N) is 4. The summed E-state index contributed by atoms with van der Waals surface area (Å²) in [4.78, 5) is 32.9. The highest BCUT2D eigenvalue weighted by Crippen LogP contribution is 2.26. The molecule has 1 amide bonds. The van der Waals surface area contributed by atoms with Crippen LogP contribution in [0.1, 0.15) is 10.5 Å². The van der Waals surface area contributed by atoms with Gasteiger partial charge in [0.15, 0.2) is 17.2 Å². The van der Waals surface area contributed by atoms with Crippen LogP contribution in [0.2, 0.25) is 0 Å². The fraction of sp³-hybridized carbons (Fsp3) is 0. The highest BCUT2D eigenvalue weighted by molar-refractivity contribution is 6.03. The van der Waals surface area contributed by atoms with Gasteiger partial charge in [-0.3, -0.25) is 14.6 Å². The Kier molecular flexibility index (Phi) is 5.51. The van der Waals surface area contributed by atoms with Gasteiger partial charge in [0.1, 0.15) is 11.5 Å². The number of benzene rings is 2. The highest BCUT2D eigenvalue weighted by Gasteiger charge is 2.20. The molecule has 0 radical (unpaired) electrons. The molecule has 0 spiro atoms. The number of carbonyl (C=O) groups is 1. The topological polar surface area (TPSA) is 132 Å². The van der Waals surface area contributed by atoms with Crippen molar-refractivity contribution in [2.45, 2.75) is 0 Å². The minimum absolute atomic E-state index is 0.0747. The molecule has 4 heterocycles. The molecule has 2 N–H and O–H groups in total. The molecule has 37 heavy (non-hydrogen) atoms. The van der Waals surface area contributed by atoms with Gasteiger partial charge in [-0.1, -0.05) is 65.8 Å². The predicted molar refractivity (Wildman–Crippen MR) is 135 cm³/mol. The molecular formula is C27H18N6O4. The van der Waals surface area contributed by atoms with Crippen molar-refractivity contribution < 1.29 is 13.7 Å². The summed E-state index contributed by atoms with van der Waals surface area (Å²) in [5.74, 6) is 0.763. The van der Waals surface area contributed by atoms with E-state index in [0.29, 0.717) is 22.9 Å². The van der Waals surface area contributed by atoms with Gasteiger partial charge in [0.05, 0.1) is 12.0 Å². The molecule has 0 aliphatic carbocycles. The number of carbonyl (C=O) groups excluding carboxylic acids is 1. The Morgan fingerprint density at radius 3 is 2.32 bits per heavy atom. The Morgan fingerprint density at radius 2 is 1.59 bits per heavy atom. The van der Waals surface area contributed by atoms with Crippen molar-refractivity contribution in [3.8, 4) is 40.0 Å². The monoisotopic (exact) mass is 490 g/mol. The van der Waals surface area contributed by atoms with E-state index in [1.807, 2.05) is 60.7 Å². The van der Waals surface area contributed by atoms with Gasteiger partial charge in [0.25, 0.3) is 11.5 Å². The summed E-state index contributed by atoms with van der Waals surface area (Å²) in [5.41, 5.74) is 2.13. The van der Waals surface area contributed by atoms with E-state index in [-0.39, 0.29) is 23.0 Å². The van der Waals surface area contributed by atoms with Crippen molar-refractivity contribution in [1.82, 2.24) is 24.9 Å². The van der Waals surface area contributed by atoms with Crippen molar-refractivity contribution in [2.24, 2.45) is 0 Å². The van der Waals surface area contributed by atoms with Gasteiger partial charge in [-0.2, -0.15) is 9.78 Å². The van der Waals surface area contributed by atoms with E-state index in [0.717, 1.165) is 11.1 Å². The second kappa shape index (κ2) is 9.27. The third-order valence-electron chi connectivity index (χ3n) is 5.53. The molecule has 2 aromatic carbocycles. The minimum atomic E-state index is -0.528. The summed E-state index contributed by atoms with van der Waals surface area (Å²) < 4.78 is 12.2. The lowest BCUT2D eigenvalue weighted by Crippen LogP contribution is -2.19. The molecule has 0 aliphatic heterocycles. The summed E-state index contributed by atoms with van der Waals surface area (Å²) in [5, 5.41) is 11.2. The molecule has 0 atom stereocenters. The fourth-order valence-electron chi connectivity index (χ4n) is 3.78. The van der Waals surface area contributed by atoms with Crippen LogP contribution in [0.15, 0.2) is 111 Å². The summed E-state index contributed by atoms with van der Waals surface area (Å²) in [6.07, 6.45) is 1.52. The summed E-state index contributed by atoms with van der Waals surface area (Å²) in [6.45, 7) is 0. The minimum Gasteiger partial charge on any atom is -0.463 e. The van der Waals surface area contributed by atoms with E-state index in [4.69, 9.17) is 8.94 Å². The lowest BCUT2D eigenvalue weighted by molar-refractivity contribution is 0.101. The average Bonchev–Trinajstić information content (AvgIpc) is 3.71. The van der Waals surface area contributed by atoms with E-state index in [1.54, 1.807) is 24.3 Å². The Labute approximate surface area is 209 Å². The van der Waals surface area contributed by atoms with Gasteiger partial charge in [-0.15, -0.1) is 0 Å². The molecule has 0 bridgehead atoms. The molecule has 6 rings (SSSR count). The molecule has 6 aromatic rings. The third kappa shape index (κ3) is 4.46. The largest absolute Gasteiger partial charge is 0.463 e. The number of aromatic nitrogens is 5. The average molecular weight is 490 g/mol. The lowest BCUT2D eigenvalue weighted by atomic mass is 10.1. The number of H-pyrrole nitrogens is 1. The number of hydrogen-bond donors (Lipinski definition) is 2. The summed E-state index contributed by atoms with van der Waals surface area (Å²) in [7, 11) is 0. The molecule has 10 heteroatoms. The van der Waals surface area contributed by atoms with E-state index < -0.39 is 5.91 Å². The van der Waals surface area contributed by atoms with Crippen LogP contribution in [0.5, 0.6) is 0 Å². The van der Waals surface area contributed by atoms with Gasteiger partial charge >= 0.3 is 0 Å². The van der Waals surface area contributed by atoms with Crippen LogP contribution in [0, 0.1) is 0 Å². The third-order valence-corrected chi connectivity index (χ3v) is 5.53. The molecule has 4 aromatic heterocycles. The summed E-state index contributed by atoms with van der Waals surface area (Å²) in [6, 6.07) is 26.6. The van der Waals surface area contributed by atoms with Crippen molar-refractivity contribution in [3.05, 3.63) is 113 Å². The van der Waals surface area contributed by atoms with E-state index in [2.05, 4.69) is 25.5 Å². The van der Waals surface area contributed by atoms with Crippen molar-refractivity contribution in [2.75, 3.05) is 5.32 Å². The number of furan rings is 1. The first-order valence-corrected chi connectivity index (χ1v) is 11.3. The van der Waals surface area contributed by atoms with E-state index in [1.165, 1.54) is 17.0 Å². The predicted octanol–water partition coefficient (Wildman–Crippen LogP) is 4.79. The Hall–Kier alpha value is -5.51. The Balaban J connectivity index is 1.39. The van der Waals surface area contributed by atoms with Gasteiger partial charge in [0.2, 0.25) is 5.95 Å². The number of amides is 1. The van der Waals surface area contributed by atoms with Crippen LogP contribution in [-0.2, 0) is 0 Å². The lowest BCUT2D eigenvalue weighted by Gasteiger charge is -2.08. The highest BCUT2D eigenvalue weighted by atomic mass is 16.5. The molecule has 0 aliphatic rings. The first-order chi connectivity index (χ1) is 18.1. The normalized spacial score (nSPS) is 10.9. The van der Waals surface area contributed by atoms with Crippen molar-refractivity contribution in [3.63, 3.8) is 0 Å². The maximum atomic E-state index is 13.1. The zero-order valence-electron chi connectivity index (χ0n) is 19.2. The fourth-order valence-corrected chi connectivity index (χ4v) is 3.78. The van der Waals surface area contributed by atoms with Gasteiger partial charge < -0.3 is 14.3 Å². The van der Waals surface area contributed by atoms with Crippen molar-refractivity contribution >= 4 is 11.7 Å². The number of nitrogens with one attached hydrogen (secondary N) is 2. The molecule has 10 nitrogen and oxygen atoms in total. The molecule has 0 saturated carbocycles. The SMILES string of the molecule is O=C(Nc1cc(-c2ccco2)nn1-c1nc(-c2ccccc2)cc(=O)[nH]1)c1cc(-c2ccccc2)on1. The van der Waals surface area contributed by atoms with E-state index in [9.17, 15) is 9.59 Å². The van der Waals surface area contributed by atoms with Crippen LogP contribution in [-0.4, -0.2) is 30.8 Å². The first kappa shape index (κ1) is 22.0. The van der Waals surface area contributed by atoms with Gasteiger partial charge in [-0.05, 0) is 12.1 Å². The Bertz CT molecular complexity index is 1730. The van der Waals surface area contributed by atoms with Crippen LogP contribution in [0.4, 0.5) is 5.82 Å². The van der Waals surface area contributed by atoms with Crippen LogP contribution < -0.4 is 10.9 Å². The zero-order chi connectivity index (χ0) is 25.2. The van der Waals surface area contributed by atoms with Gasteiger partial charge in [-0.25, -0.2) is 4.98 Å². The smallest absolute Gasteiger partial charge is 0.279 e. The second-order valence-corrected chi connectivity index (χ2v) is 8.02. The zero-order valence-corrected chi connectivity index (χ0v) is 19.2. The summed E-state index contributed by atoms with van der Waals surface area (Å²) >= 11 is 0. The number of anilines is 1. The van der Waals surface area contributed by atoms with E-state index >= 15 is 0 Å². The number of aromatic amines is 1. The van der Waals surface area contributed by atoms with Crippen LogP contribution >= 0.6 is 0 Å². The Morgan fingerprint density at radius 1 is 0.838 bits per heavy atom. The molecule has 0 unspecified atom stereocenters. The first-order valence-electron chi connectivity index (χ1n) is 11.3. The maximum Gasteiger partial charge on any atom is 0.279 e.